The number of fused-ring (bicyclic) bond motifs is 1. The van der Waals surface area contributed by atoms with Gasteiger partial charge in [0.1, 0.15) is 0 Å². The van der Waals surface area contributed by atoms with Gasteiger partial charge in [-0.05, 0) is 50.6 Å². The summed E-state index contributed by atoms with van der Waals surface area (Å²) in [4.78, 5) is 14.9. The molecule has 3 rings (SSSR count). The number of amides is 1. The van der Waals surface area contributed by atoms with E-state index in [1.54, 1.807) is 6.07 Å². The third kappa shape index (κ3) is 2.97. The van der Waals surface area contributed by atoms with Crippen LogP contribution in [0.15, 0.2) is 18.2 Å². The Bertz CT molecular complexity index is 512. The summed E-state index contributed by atoms with van der Waals surface area (Å²) in [5, 5.41) is 3.35. The summed E-state index contributed by atoms with van der Waals surface area (Å²) in [5.41, 5.74) is 0.686. The average molecular weight is 290 g/mol. The molecule has 0 unspecified atom stereocenters. The van der Waals surface area contributed by atoms with Crippen molar-refractivity contribution in [1.82, 2.24) is 10.2 Å². The Morgan fingerprint density at radius 2 is 2.05 bits per heavy atom. The fourth-order valence-corrected chi connectivity index (χ4v) is 3.00. The van der Waals surface area contributed by atoms with Gasteiger partial charge in [0.25, 0.3) is 5.91 Å². The molecule has 1 fully saturated rings. The van der Waals surface area contributed by atoms with Crippen LogP contribution in [0.2, 0.25) is 0 Å². The summed E-state index contributed by atoms with van der Waals surface area (Å²) in [6, 6.07) is 5.79. The van der Waals surface area contributed by atoms with E-state index in [0.29, 0.717) is 17.4 Å². The number of nitrogens with zero attached hydrogens (tertiary/aromatic N) is 1. The minimum Gasteiger partial charge on any atom is -0.454 e. The van der Waals surface area contributed by atoms with Gasteiger partial charge in [-0.15, -0.1) is 0 Å². The van der Waals surface area contributed by atoms with E-state index >= 15 is 0 Å². The normalized spacial score (nSPS) is 17.8. The van der Waals surface area contributed by atoms with Gasteiger partial charge < -0.3 is 19.7 Å². The lowest BCUT2D eigenvalue weighted by Gasteiger charge is -2.34. The van der Waals surface area contributed by atoms with Crippen molar-refractivity contribution in [2.45, 2.75) is 32.2 Å². The molecule has 2 aliphatic heterocycles. The molecule has 0 saturated carbocycles. The number of nitrogens with one attached hydrogen (secondary N) is 1. The number of hydrogen-bond donors (Lipinski definition) is 1. The molecule has 21 heavy (non-hydrogen) atoms. The Kier molecular flexibility index (Phi) is 4.29. The predicted octanol–water partition coefficient (Wildman–Crippen LogP) is 2.02. The maximum Gasteiger partial charge on any atom is 0.254 e. The van der Waals surface area contributed by atoms with Crippen LogP contribution in [-0.2, 0) is 0 Å². The first kappa shape index (κ1) is 14.2. The van der Waals surface area contributed by atoms with Gasteiger partial charge in [-0.1, -0.05) is 6.92 Å². The minimum atomic E-state index is 0.0991. The number of carbonyl (C=O) groups is 1. The van der Waals surface area contributed by atoms with Crippen molar-refractivity contribution in [3.63, 3.8) is 0 Å². The second-order valence-electron chi connectivity index (χ2n) is 5.55. The molecule has 114 valence electrons. The first-order valence-electron chi connectivity index (χ1n) is 7.71. The van der Waals surface area contributed by atoms with Crippen molar-refractivity contribution in [2.75, 3.05) is 26.4 Å². The van der Waals surface area contributed by atoms with Gasteiger partial charge >= 0.3 is 0 Å². The molecule has 1 N–H and O–H groups in total. The Hall–Kier alpha value is -1.75. The molecule has 1 saturated heterocycles. The molecule has 2 heterocycles. The topological polar surface area (TPSA) is 50.8 Å². The highest BCUT2D eigenvalue weighted by Gasteiger charge is 2.26. The van der Waals surface area contributed by atoms with Crippen molar-refractivity contribution >= 4 is 5.91 Å². The van der Waals surface area contributed by atoms with Crippen LogP contribution in [0.3, 0.4) is 0 Å². The molecule has 1 amide bonds. The maximum absolute atomic E-state index is 12.8. The van der Waals surface area contributed by atoms with E-state index in [-0.39, 0.29) is 12.7 Å². The minimum absolute atomic E-state index is 0.0991. The van der Waals surface area contributed by atoms with Crippen LogP contribution in [0.4, 0.5) is 0 Å². The number of piperidine rings is 1. The van der Waals surface area contributed by atoms with Gasteiger partial charge in [-0.3, -0.25) is 4.79 Å². The number of hydrogen-bond acceptors (Lipinski definition) is 4. The van der Waals surface area contributed by atoms with Crippen molar-refractivity contribution in [2.24, 2.45) is 0 Å². The Morgan fingerprint density at radius 3 is 2.81 bits per heavy atom. The van der Waals surface area contributed by atoms with Crippen molar-refractivity contribution in [1.29, 1.82) is 0 Å². The smallest absolute Gasteiger partial charge is 0.254 e. The van der Waals surface area contributed by atoms with Gasteiger partial charge in [0.05, 0.1) is 0 Å². The Labute approximate surface area is 125 Å². The third-order valence-corrected chi connectivity index (χ3v) is 4.09. The lowest BCUT2D eigenvalue weighted by Crippen LogP contribution is -2.46. The zero-order chi connectivity index (χ0) is 14.7. The highest BCUT2D eigenvalue weighted by atomic mass is 16.7. The molecule has 1 aromatic rings. The summed E-state index contributed by atoms with van der Waals surface area (Å²) in [7, 11) is 0. The predicted molar refractivity (Wildman–Crippen MR) is 79.8 cm³/mol. The van der Waals surface area contributed by atoms with E-state index in [9.17, 15) is 4.79 Å². The van der Waals surface area contributed by atoms with Gasteiger partial charge in [0.2, 0.25) is 6.79 Å². The summed E-state index contributed by atoms with van der Waals surface area (Å²) in [5.74, 6) is 1.49. The van der Waals surface area contributed by atoms with Gasteiger partial charge in [-0.25, -0.2) is 0 Å². The molecule has 0 radical (unpaired) electrons. The number of carbonyl (C=O) groups excluding carboxylic acids is 1. The molecule has 0 spiro atoms. The van der Waals surface area contributed by atoms with Gasteiger partial charge in [-0.2, -0.15) is 0 Å². The standard InChI is InChI=1S/C16H22N2O3/c1-2-9-18(13-5-7-17-8-6-13)16(19)12-3-4-14-15(10-12)21-11-20-14/h3-4,10,13,17H,2,5-9,11H2,1H3. The van der Waals surface area contributed by atoms with Gasteiger partial charge in [0, 0.05) is 18.2 Å². The number of rotatable bonds is 4. The Balaban J connectivity index is 1.79. The summed E-state index contributed by atoms with van der Waals surface area (Å²) in [6.07, 6.45) is 3.02. The van der Waals surface area contributed by atoms with Crippen LogP contribution in [0, 0.1) is 0 Å². The molecule has 0 aromatic heterocycles. The summed E-state index contributed by atoms with van der Waals surface area (Å²) < 4.78 is 10.7. The van der Waals surface area contributed by atoms with E-state index < -0.39 is 0 Å². The SMILES string of the molecule is CCCN(C(=O)c1ccc2c(c1)OCO2)C1CCNCC1. The molecular weight excluding hydrogens is 268 g/mol. The molecule has 0 atom stereocenters. The van der Waals surface area contributed by atoms with E-state index in [1.165, 1.54) is 0 Å². The van der Waals surface area contributed by atoms with Gasteiger partial charge in [0.15, 0.2) is 11.5 Å². The third-order valence-electron chi connectivity index (χ3n) is 4.09. The highest BCUT2D eigenvalue weighted by molar-refractivity contribution is 5.95. The quantitative estimate of drug-likeness (QED) is 0.921. The van der Waals surface area contributed by atoms with E-state index in [2.05, 4.69) is 12.2 Å². The second kappa shape index (κ2) is 6.35. The van der Waals surface area contributed by atoms with Crippen LogP contribution in [0.5, 0.6) is 11.5 Å². The molecule has 1 aromatic carbocycles. The van der Waals surface area contributed by atoms with Crippen LogP contribution in [0.25, 0.3) is 0 Å². The second-order valence-corrected chi connectivity index (χ2v) is 5.55. The molecular formula is C16H22N2O3. The van der Waals surface area contributed by atoms with Crippen LogP contribution < -0.4 is 14.8 Å². The van der Waals surface area contributed by atoms with E-state index in [0.717, 1.165) is 44.6 Å². The molecule has 2 aliphatic rings. The monoisotopic (exact) mass is 290 g/mol. The lowest BCUT2D eigenvalue weighted by atomic mass is 10.0. The maximum atomic E-state index is 12.8. The highest BCUT2D eigenvalue weighted by Crippen LogP contribution is 2.33. The Morgan fingerprint density at radius 1 is 1.29 bits per heavy atom. The zero-order valence-electron chi connectivity index (χ0n) is 12.4. The fourth-order valence-electron chi connectivity index (χ4n) is 3.00. The molecule has 5 heteroatoms. The van der Waals surface area contributed by atoms with E-state index in [1.807, 2.05) is 17.0 Å². The van der Waals surface area contributed by atoms with Crippen molar-refractivity contribution in [3.8, 4) is 11.5 Å². The van der Waals surface area contributed by atoms with Crippen molar-refractivity contribution in [3.05, 3.63) is 23.8 Å². The summed E-state index contributed by atoms with van der Waals surface area (Å²) >= 11 is 0. The van der Waals surface area contributed by atoms with Crippen LogP contribution >= 0.6 is 0 Å². The summed E-state index contributed by atoms with van der Waals surface area (Å²) in [6.45, 7) is 5.12. The number of ether oxygens (including phenoxy) is 2. The number of benzene rings is 1. The van der Waals surface area contributed by atoms with E-state index in [4.69, 9.17) is 9.47 Å². The van der Waals surface area contributed by atoms with Crippen molar-refractivity contribution < 1.29 is 14.3 Å². The largest absolute Gasteiger partial charge is 0.454 e. The first-order chi connectivity index (χ1) is 10.3. The van der Waals surface area contributed by atoms with Crippen LogP contribution in [0.1, 0.15) is 36.5 Å². The lowest BCUT2D eigenvalue weighted by molar-refractivity contribution is 0.0642. The molecule has 5 nitrogen and oxygen atoms in total. The van der Waals surface area contributed by atoms with Crippen LogP contribution in [-0.4, -0.2) is 43.3 Å². The first-order valence-corrected chi connectivity index (χ1v) is 7.71. The fraction of sp³-hybridized carbons (Fsp3) is 0.562. The molecule has 0 bridgehead atoms. The zero-order valence-corrected chi connectivity index (χ0v) is 12.4. The average Bonchev–Trinajstić information content (AvgIpc) is 3.00. The molecule has 0 aliphatic carbocycles.